The molecule has 2 heteroatoms. The molecule has 0 saturated carbocycles. The van der Waals surface area contributed by atoms with Gasteiger partial charge in [-0.15, -0.1) is 0 Å². The van der Waals surface area contributed by atoms with Gasteiger partial charge in [-0.2, -0.15) is 0 Å². The normalized spacial score (nSPS) is 10.9. The predicted octanol–water partition coefficient (Wildman–Crippen LogP) is 2.93. The number of hydrogen-bond acceptors (Lipinski definition) is 2. The highest BCUT2D eigenvalue weighted by atomic mass is 15.0. The molecule has 1 aromatic carbocycles. The lowest BCUT2D eigenvalue weighted by atomic mass is 10.1. The Kier molecular flexibility index (Phi) is 5.94. The molecule has 0 unspecified atom stereocenters. The SMILES string of the molecule is CN(C)CCCCCCc1ccc(N)cc1. The van der Waals surface area contributed by atoms with E-state index in [-0.39, 0.29) is 0 Å². The first-order chi connectivity index (χ1) is 7.68. The maximum Gasteiger partial charge on any atom is 0.0314 e. The van der Waals surface area contributed by atoms with Crippen LogP contribution in [0.2, 0.25) is 0 Å². The first kappa shape index (κ1) is 13.0. The molecule has 2 nitrogen and oxygen atoms in total. The van der Waals surface area contributed by atoms with Crippen molar-refractivity contribution in [3.05, 3.63) is 29.8 Å². The molecule has 0 amide bonds. The minimum Gasteiger partial charge on any atom is -0.399 e. The highest BCUT2D eigenvalue weighted by Crippen LogP contribution is 2.10. The largest absolute Gasteiger partial charge is 0.399 e. The Morgan fingerprint density at radius 3 is 2.19 bits per heavy atom. The lowest BCUT2D eigenvalue weighted by Crippen LogP contribution is -2.12. The van der Waals surface area contributed by atoms with Gasteiger partial charge in [0.1, 0.15) is 0 Å². The topological polar surface area (TPSA) is 29.3 Å². The molecule has 2 N–H and O–H groups in total. The van der Waals surface area contributed by atoms with Crippen molar-refractivity contribution in [2.45, 2.75) is 32.1 Å². The van der Waals surface area contributed by atoms with E-state index in [1.54, 1.807) is 0 Å². The van der Waals surface area contributed by atoms with Crippen molar-refractivity contribution >= 4 is 5.69 Å². The van der Waals surface area contributed by atoms with Crippen LogP contribution < -0.4 is 5.73 Å². The van der Waals surface area contributed by atoms with Gasteiger partial charge in [-0.3, -0.25) is 0 Å². The zero-order valence-corrected chi connectivity index (χ0v) is 10.6. The van der Waals surface area contributed by atoms with Crippen molar-refractivity contribution in [1.29, 1.82) is 0 Å². The number of nitrogen functional groups attached to an aromatic ring is 1. The third-order valence-electron chi connectivity index (χ3n) is 2.80. The molecule has 90 valence electrons. The van der Waals surface area contributed by atoms with Gasteiger partial charge >= 0.3 is 0 Å². The molecule has 0 spiro atoms. The molecular formula is C14H24N2. The van der Waals surface area contributed by atoms with Gasteiger partial charge in [-0.25, -0.2) is 0 Å². The Morgan fingerprint density at radius 2 is 1.56 bits per heavy atom. The van der Waals surface area contributed by atoms with E-state index >= 15 is 0 Å². The third-order valence-corrected chi connectivity index (χ3v) is 2.80. The number of hydrogen-bond donors (Lipinski definition) is 1. The second kappa shape index (κ2) is 7.29. The number of benzene rings is 1. The van der Waals surface area contributed by atoms with Gasteiger partial charge in [0.2, 0.25) is 0 Å². The lowest BCUT2D eigenvalue weighted by molar-refractivity contribution is 0.390. The predicted molar refractivity (Wildman–Crippen MR) is 71.6 cm³/mol. The zero-order chi connectivity index (χ0) is 11.8. The monoisotopic (exact) mass is 220 g/mol. The summed E-state index contributed by atoms with van der Waals surface area (Å²) in [5.41, 5.74) is 7.91. The van der Waals surface area contributed by atoms with E-state index in [0.717, 1.165) is 5.69 Å². The first-order valence-electron chi connectivity index (χ1n) is 6.17. The van der Waals surface area contributed by atoms with E-state index < -0.39 is 0 Å². The van der Waals surface area contributed by atoms with Crippen molar-refractivity contribution in [1.82, 2.24) is 4.90 Å². The van der Waals surface area contributed by atoms with Crippen LogP contribution in [0, 0.1) is 0 Å². The number of nitrogens with two attached hydrogens (primary N) is 1. The summed E-state index contributed by atoms with van der Waals surface area (Å²) in [5.74, 6) is 0. The van der Waals surface area contributed by atoms with Gasteiger partial charge in [0.05, 0.1) is 0 Å². The van der Waals surface area contributed by atoms with E-state index in [1.165, 1.54) is 44.2 Å². The van der Waals surface area contributed by atoms with Crippen LogP contribution in [0.25, 0.3) is 0 Å². The second-order valence-corrected chi connectivity index (χ2v) is 4.71. The Hall–Kier alpha value is -1.02. The molecule has 0 radical (unpaired) electrons. The Bertz CT molecular complexity index is 277. The Morgan fingerprint density at radius 1 is 0.938 bits per heavy atom. The van der Waals surface area contributed by atoms with Crippen molar-refractivity contribution < 1.29 is 0 Å². The van der Waals surface area contributed by atoms with E-state index in [0.29, 0.717) is 0 Å². The average Bonchev–Trinajstić information content (AvgIpc) is 2.25. The van der Waals surface area contributed by atoms with Crippen LogP contribution >= 0.6 is 0 Å². The molecular weight excluding hydrogens is 196 g/mol. The van der Waals surface area contributed by atoms with Crippen LogP contribution in [0.1, 0.15) is 31.2 Å². The Labute approximate surface area is 99.5 Å². The molecule has 0 bridgehead atoms. The molecule has 0 saturated heterocycles. The molecule has 1 aromatic rings. The summed E-state index contributed by atoms with van der Waals surface area (Å²) in [4.78, 5) is 2.25. The molecule has 0 heterocycles. The van der Waals surface area contributed by atoms with Gasteiger partial charge in [-0.05, 0) is 57.6 Å². The average molecular weight is 220 g/mol. The molecule has 0 aliphatic heterocycles. The van der Waals surface area contributed by atoms with Crippen LogP contribution in [0.5, 0.6) is 0 Å². The standard InChI is InChI=1S/C14H24N2/c1-16(2)12-6-4-3-5-7-13-8-10-14(15)11-9-13/h8-11H,3-7,12,15H2,1-2H3. The van der Waals surface area contributed by atoms with Gasteiger partial charge < -0.3 is 10.6 Å². The molecule has 0 fully saturated rings. The van der Waals surface area contributed by atoms with Crippen molar-refractivity contribution in [3.8, 4) is 0 Å². The van der Waals surface area contributed by atoms with Gasteiger partial charge in [0.25, 0.3) is 0 Å². The Balaban J connectivity index is 2.05. The molecule has 1 rings (SSSR count). The van der Waals surface area contributed by atoms with Crippen LogP contribution in [0.4, 0.5) is 5.69 Å². The zero-order valence-electron chi connectivity index (χ0n) is 10.6. The summed E-state index contributed by atoms with van der Waals surface area (Å²) in [6.07, 6.45) is 6.46. The lowest BCUT2D eigenvalue weighted by Gasteiger charge is -2.08. The summed E-state index contributed by atoms with van der Waals surface area (Å²) in [6, 6.07) is 8.24. The number of rotatable bonds is 7. The quantitative estimate of drug-likeness (QED) is 0.565. The smallest absolute Gasteiger partial charge is 0.0314 e. The van der Waals surface area contributed by atoms with E-state index in [4.69, 9.17) is 5.73 Å². The summed E-state index contributed by atoms with van der Waals surface area (Å²) < 4.78 is 0. The minimum atomic E-state index is 0.856. The minimum absolute atomic E-state index is 0.856. The summed E-state index contributed by atoms with van der Waals surface area (Å²) in [5, 5.41) is 0. The molecule has 0 aromatic heterocycles. The van der Waals surface area contributed by atoms with Gasteiger partial charge in [0.15, 0.2) is 0 Å². The second-order valence-electron chi connectivity index (χ2n) is 4.71. The van der Waals surface area contributed by atoms with Crippen molar-refractivity contribution in [2.24, 2.45) is 0 Å². The first-order valence-corrected chi connectivity index (χ1v) is 6.17. The molecule has 0 aliphatic carbocycles. The molecule has 0 aliphatic rings. The fourth-order valence-electron chi connectivity index (χ4n) is 1.80. The summed E-state index contributed by atoms with van der Waals surface area (Å²) >= 11 is 0. The maximum atomic E-state index is 5.64. The van der Waals surface area contributed by atoms with Crippen molar-refractivity contribution in [2.75, 3.05) is 26.4 Å². The number of nitrogens with zero attached hydrogens (tertiary/aromatic N) is 1. The fourth-order valence-corrected chi connectivity index (χ4v) is 1.80. The number of aryl methyl sites for hydroxylation is 1. The third kappa shape index (κ3) is 5.76. The van der Waals surface area contributed by atoms with Crippen LogP contribution in [0.15, 0.2) is 24.3 Å². The number of anilines is 1. The highest BCUT2D eigenvalue weighted by molar-refractivity contribution is 5.39. The van der Waals surface area contributed by atoms with Crippen LogP contribution in [-0.4, -0.2) is 25.5 Å². The van der Waals surface area contributed by atoms with Gasteiger partial charge in [-0.1, -0.05) is 25.0 Å². The van der Waals surface area contributed by atoms with E-state index in [1.807, 2.05) is 12.1 Å². The molecule has 16 heavy (non-hydrogen) atoms. The van der Waals surface area contributed by atoms with Gasteiger partial charge in [0, 0.05) is 5.69 Å². The summed E-state index contributed by atoms with van der Waals surface area (Å²) in [7, 11) is 4.27. The van der Waals surface area contributed by atoms with Crippen LogP contribution in [-0.2, 0) is 6.42 Å². The maximum absolute atomic E-state index is 5.64. The highest BCUT2D eigenvalue weighted by Gasteiger charge is 1.95. The van der Waals surface area contributed by atoms with Crippen LogP contribution in [0.3, 0.4) is 0 Å². The summed E-state index contributed by atoms with van der Waals surface area (Å²) in [6.45, 7) is 1.21. The van der Waals surface area contributed by atoms with E-state index in [9.17, 15) is 0 Å². The molecule has 0 atom stereocenters. The number of unbranched alkanes of at least 4 members (excludes halogenated alkanes) is 3. The van der Waals surface area contributed by atoms with E-state index in [2.05, 4.69) is 31.1 Å². The fraction of sp³-hybridized carbons (Fsp3) is 0.571. The van der Waals surface area contributed by atoms with Crippen molar-refractivity contribution in [3.63, 3.8) is 0 Å².